The Morgan fingerprint density at radius 1 is 1.25 bits per heavy atom. The van der Waals surface area contributed by atoms with Crippen LogP contribution in [0.2, 0.25) is 0 Å². The quantitative estimate of drug-likeness (QED) is 0.589. The summed E-state index contributed by atoms with van der Waals surface area (Å²) in [6, 6.07) is 3.42. The van der Waals surface area contributed by atoms with Crippen LogP contribution in [0, 0.1) is 11.6 Å². The van der Waals surface area contributed by atoms with Crippen LogP contribution in [0.3, 0.4) is 0 Å². The van der Waals surface area contributed by atoms with Crippen molar-refractivity contribution < 1.29 is 13.5 Å². The average molecular weight is 342 g/mol. The fourth-order valence-corrected chi connectivity index (χ4v) is 2.15. The highest BCUT2D eigenvalue weighted by Gasteiger charge is 2.23. The number of guanidine groups is 1. The van der Waals surface area contributed by atoms with Crippen molar-refractivity contribution >= 4 is 5.96 Å². The van der Waals surface area contributed by atoms with Gasteiger partial charge in [-0.05, 0) is 40.1 Å². The molecular formula is C17H28F2N4O. The van der Waals surface area contributed by atoms with Gasteiger partial charge in [0.15, 0.2) is 5.96 Å². The number of ether oxygens (including phenoxy) is 1. The lowest BCUT2D eigenvalue weighted by Crippen LogP contribution is -2.47. The van der Waals surface area contributed by atoms with E-state index in [1.54, 1.807) is 33.2 Å². The molecule has 7 heteroatoms. The number of likely N-dealkylation sites (N-methyl/N-ethyl adjacent to an activating group) is 1. The summed E-state index contributed by atoms with van der Waals surface area (Å²) in [6.45, 7) is 4.75. The molecule has 1 unspecified atom stereocenters. The molecule has 5 nitrogen and oxygen atoms in total. The number of rotatable bonds is 7. The number of nitrogens with one attached hydrogen (secondary N) is 2. The van der Waals surface area contributed by atoms with E-state index in [-0.39, 0.29) is 11.2 Å². The molecule has 1 aromatic rings. The van der Waals surface area contributed by atoms with E-state index in [9.17, 15) is 8.78 Å². The highest BCUT2D eigenvalue weighted by Crippen LogP contribution is 2.23. The topological polar surface area (TPSA) is 48.9 Å². The van der Waals surface area contributed by atoms with E-state index in [1.807, 2.05) is 13.8 Å². The standard InChI is InChI=1S/C17H28F2N4O/c1-17(2,24-6)11-22-16(20-3)21-10-14(23(4)5)15-12(18)8-7-9-13(15)19/h7-9,14H,10-11H2,1-6H3,(H2,20,21,22). The van der Waals surface area contributed by atoms with Gasteiger partial charge >= 0.3 is 0 Å². The fourth-order valence-electron chi connectivity index (χ4n) is 2.15. The van der Waals surface area contributed by atoms with Crippen LogP contribution >= 0.6 is 0 Å². The molecule has 24 heavy (non-hydrogen) atoms. The van der Waals surface area contributed by atoms with Crippen LogP contribution in [0.25, 0.3) is 0 Å². The number of benzene rings is 1. The second-order valence-corrected chi connectivity index (χ2v) is 6.39. The number of halogens is 2. The van der Waals surface area contributed by atoms with Crippen LogP contribution in [0.5, 0.6) is 0 Å². The Morgan fingerprint density at radius 3 is 2.29 bits per heavy atom. The van der Waals surface area contributed by atoms with Gasteiger partial charge in [0.2, 0.25) is 0 Å². The molecule has 0 saturated heterocycles. The second-order valence-electron chi connectivity index (χ2n) is 6.39. The number of hydrogen-bond donors (Lipinski definition) is 2. The molecule has 0 radical (unpaired) electrons. The van der Waals surface area contributed by atoms with Crippen molar-refractivity contribution in [3.8, 4) is 0 Å². The lowest BCUT2D eigenvalue weighted by molar-refractivity contribution is 0.0268. The van der Waals surface area contributed by atoms with Gasteiger partial charge in [-0.2, -0.15) is 0 Å². The van der Waals surface area contributed by atoms with Crippen molar-refractivity contribution in [2.45, 2.75) is 25.5 Å². The Balaban J connectivity index is 2.80. The third-order valence-electron chi connectivity index (χ3n) is 3.88. The molecule has 0 spiro atoms. The summed E-state index contributed by atoms with van der Waals surface area (Å²) in [7, 11) is 6.84. The molecule has 0 heterocycles. The summed E-state index contributed by atoms with van der Waals surface area (Å²) in [5.41, 5.74) is -0.307. The van der Waals surface area contributed by atoms with Crippen LogP contribution in [-0.4, -0.2) is 57.8 Å². The lowest BCUT2D eigenvalue weighted by atomic mass is 10.0. The maximum absolute atomic E-state index is 14.1. The van der Waals surface area contributed by atoms with E-state index in [0.29, 0.717) is 19.0 Å². The first-order valence-electron chi connectivity index (χ1n) is 7.82. The van der Waals surface area contributed by atoms with Crippen molar-refractivity contribution in [3.05, 3.63) is 35.4 Å². The summed E-state index contributed by atoms with van der Waals surface area (Å²) in [5, 5.41) is 6.25. The van der Waals surface area contributed by atoms with Crippen molar-refractivity contribution in [2.24, 2.45) is 4.99 Å². The first-order chi connectivity index (χ1) is 11.2. The third kappa shape index (κ3) is 5.72. The molecule has 0 saturated carbocycles. The Bertz CT molecular complexity index is 541. The van der Waals surface area contributed by atoms with Crippen molar-refractivity contribution in [2.75, 3.05) is 41.3 Å². The fraction of sp³-hybridized carbons (Fsp3) is 0.588. The molecule has 0 aliphatic heterocycles. The third-order valence-corrected chi connectivity index (χ3v) is 3.88. The van der Waals surface area contributed by atoms with Crippen LogP contribution in [0.4, 0.5) is 8.78 Å². The van der Waals surface area contributed by atoms with Crippen molar-refractivity contribution in [1.82, 2.24) is 15.5 Å². The molecule has 1 atom stereocenters. The average Bonchev–Trinajstić information content (AvgIpc) is 2.52. The van der Waals surface area contributed by atoms with E-state index < -0.39 is 17.7 Å². The minimum atomic E-state index is -0.557. The number of nitrogens with zero attached hydrogens (tertiary/aromatic N) is 2. The molecule has 1 rings (SSSR count). The van der Waals surface area contributed by atoms with Crippen LogP contribution in [0.1, 0.15) is 25.5 Å². The molecule has 0 aliphatic carbocycles. The van der Waals surface area contributed by atoms with Crippen LogP contribution in [0.15, 0.2) is 23.2 Å². The van der Waals surface area contributed by atoms with Gasteiger partial charge in [0.05, 0.1) is 11.6 Å². The van der Waals surface area contributed by atoms with Gasteiger partial charge in [-0.25, -0.2) is 8.78 Å². The van der Waals surface area contributed by atoms with E-state index in [4.69, 9.17) is 4.74 Å². The Labute approximate surface area is 143 Å². The van der Waals surface area contributed by atoms with E-state index in [2.05, 4.69) is 15.6 Å². The number of methoxy groups -OCH3 is 1. The highest BCUT2D eigenvalue weighted by molar-refractivity contribution is 5.79. The minimum absolute atomic E-state index is 0.0441. The molecule has 0 bridgehead atoms. The van der Waals surface area contributed by atoms with E-state index in [0.717, 1.165) is 0 Å². The summed E-state index contributed by atoms with van der Waals surface area (Å²) in [4.78, 5) is 5.89. The molecule has 1 aromatic carbocycles. The lowest BCUT2D eigenvalue weighted by Gasteiger charge is -2.28. The molecule has 0 aliphatic rings. The second kappa shape index (κ2) is 8.94. The summed E-state index contributed by atoms with van der Waals surface area (Å²) in [6.07, 6.45) is 0. The molecule has 136 valence electrons. The molecule has 0 aromatic heterocycles. The summed E-state index contributed by atoms with van der Waals surface area (Å²) in [5.74, 6) is -0.568. The Morgan fingerprint density at radius 2 is 1.83 bits per heavy atom. The summed E-state index contributed by atoms with van der Waals surface area (Å²) < 4.78 is 33.5. The van der Waals surface area contributed by atoms with E-state index in [1.165, 1.54) is 18.2 Å². The van der Waals surface area contributed by atoms with Gasteiger partial charge in [0, 0.05) is 32.8 Å². The van der Waals surface area contributed by atoms with Gasteiger partial charge in [0.25, 0.3) is 0 Å². The molecule has 0 fully saturated rings. The maximum atomic E-state index is 14.1. The molecular weight excluding hydrogens is 314 g/mol. The Hall–Kier alpha value is -1.73. The SMILES string of the molecule is CN=C(NCC(c1c(F)cccc1F)N(C)C)NCC(C)(C)OC. The zero-order chi connectivity index (χ0) is 18.3. The zero-order valence-corrected chi connectivity index (χ0v) is 15.3. The smallest absolute Gasteiger partial charge is 0.191 e. The van der Waals surface area contributed by atoms with Crippen molar-refractivity contribution in [1.29, 1.82) is 0 Å². The normalized spacial score (nSPS) is 14.0. The van der Waals surface area contributed by atoms with Crippen molar-refractivity contribution in [3.63, 3.8) is 0 Å². The minimum Gasteiger partial charge on any atom is -0.377 e. The van der Waals surface area contributed by atoms with Gasteiger partial charge in [-0.3, -0.25) is 4.99 Å². The first kappa shape index (κ1) is 20.3. The maximum Gasteiger partial charge on any atom is 0.191 e. The number of aliphatic imine (C=N–C) groups is 1. The van der Waals surface area contributed by atoms with Gasteiger partial charge in [-0.15, -0.1) is 0 Å². The highest BCUT2D eigenvalue weighted by atomic mass is 19.1. The van der Waals surface area contributed by atoms with E-state index >= 15 is 0 Å². The number of hydrogen-bond acceptors (Lipinski definition) is 3. The van der Waals surface area contributed by atoms with Gasteiger partial charge in [0.1, 0.15) is 11.6 Å². The largest absolute Gasteiger partial charge is 0.377 e. The van der Waals surface area contributed by atoms with Crippen LogP contribution in [-0.2, 0) is 4.74 Å². The monoisotopic (exact) mass is 342 g/mol. The summed E-state index contributed by atoms with van der Waals surface area (Å²) >= 11 is 0. The van der Waals surface area contributed by atoms with Crippen LogP contribution < -0.4 is 10.6 Å². The predicted molar refractivity (Wildman–Crippen MR) is 93.2 cm³/mol. The first-order valence-corrected chi connectivity index (χ1v) is 7.82. The molecule has 2 N–H and O–H groups in total. The van der Waals surface area contributed by atoms with Gasteiger partial charge < -0.3 is 20.3 Å². The Kier molecular flexibility index (Phi) is 7.57. The zero-order valence-electron chi connectivity index (χ0n) is 15.3. The predicted octanol–water partition coefficient (Wildman–Crippen LogP) is 2.16. The molecule has 0 amide bonds. The van der Waals surface area contributed by atoms with Gasteiger partial charge in [-0.1, -0.05) is 6.07 Å².